The lowest BCUT2D eigenvalue weighted by atomic mass is 10.3. The molecule has 0 unspecified atom stereocenters. The quantitative estimate of drug-likeness (QED) is 0.504. The number of halogens is 1. The summed E-state index contributed by atoms with van der Waals surface area (Å²) in [5, 5.41) is 2.30. The zero-order valence-electron chi connectivity index (χ0n) is 17.0. The van der Waals surface area contributed by atoms with Gasteiger partial charge in [0.15, 0.2) is 5.17 Å². The van der Waals surface area contributed by atoms with Gasteiger partial charge in [-0.05, 0) is 54.6 Å². The molecule has 2 aromatic carbocycles. The smallest absolute Gasteiger partial charge is 0.269 e. The number of nitrogens with zero attached hydrogens (tertiary/aromatic N) is 3. The summed E-state index contributed by atoms with van der Waals surface area (Å²) < 4.78 is 5.36. The summed E-state index contributed by atoms with van der Waals surface area (Å²) in [6, 6.07) is 13.3. The number of unbranched alkanes of at least 4 members (excludes halogenated alkanes) is 1. The fraction of sp³-hybridized carbons (Fsp3) is 0.273. The molecule has 2 aromatic rings. The van der Waals surface area contributed by atoms with E-state index in [2.05, 4.69) is 11.8 Å². The van der Waals surface area contributed by atoms with E-state index in [4.69, 9.17) is 21.3 Å². The lowest BCUT2D eigenvalue weighted by Gasteiger charge is -2.16. The minimum Gasteiger partial charge on any atom is -0.497 e. The zero-order chi connectivity index (χ0) is 21.3. The van der Waals surface area contributed by atoms with E-state index in [1.54, 1.807) is 23.8 Å². The first-order valence-electron chi connectivity index (χ1n) is 9.69. The van der Waals surface area contributed by atoms with Crippen LogP contribution in [0.25, 0.3) is 0 Å². The Bertz CT molecular complexity index is 1040. The van der Waals surface area contributed by atoms with E-state index in [0.29, 0.717) is 21.6 Å². The van der Waals surface area contributed by atoms with Crippen molar-refractivity contribution in [1.82, 2.24) is 4.90 Å². The van der Waals surface area contributed by atoms with Crippen molar-refractivity contribution in [1.29, 1.82) is 0 Å². The van der Waals surface area contributed by atoms with Crippen molar-refractivity contribution in [3.63, 3.8) is 0 Å². The van der Waals surface area contributed by atoms with Crippen LogP contribution in [-0.4, -0.2) is 36.7 Å². The largest absolute Gasteiger partial charge is 0.497 e. The molecule has 30 heavy (non-hydrogen) atoms. The van der Waals surface area contributed by atoms with Crippen LogP contribution in [0.15, 0.2) is 62.3 Å². The molecular weight excluding hydrogens is 438 g/mol. The summed E-state index contributed by atoms with van der Waals surface area (Å²) in [5.74, 6) is 0.808. The Labute approximate surface area is 190 Å². The number of rotatable bonds is 5. The monoisotopic (exact) mass is 459 g/mol. The van der Waals surface area contributed by atoms with Crippen LogP contribution in [0.4, 0.5) is 11.4 Å². The first-order valence-corrected chi connectivity index (χ1v) is 11.7. The molecule has 0 aromatic heterocycles. The second kappa shape index (κ2) is 8.96. The van der Waals surface area contributed by atoms with Crippen LogP contribution in [0.5, 0.6) is 5.75 Å². The molecule has 2 aliphatic heterocycles. The number of hydrogen-bond acceptors (Lipinski definition) is 6. The standard InChI is InChI=1S/C22H22ClN3O2S2/c1-4-5-12-26-20(27)19(30-22(26)24-15-8-6-14(23)7-9-15)21-25(2)17-13-16(28-3)10-11-18(17)29-21/h6-11,13H,4-5,12H2,1-3H3/b21-19-,24-22?. The van der Waals surface area contributed by atoms with Crippen LogP contribution < -0.4 is 9.64 Å². The fourth-order valence-electron chi connectivity index (χ4n) is 3.21. The van der Waals surface area contributed by atoms with Gasteiger partial charge in [-0.25, -0.2) is 4.99 Å². The van der Waals surface area contributed by atoms with Gasteiger partial charge in [-0.15, -0.1) is 0 Å². The summed E-state index contributed by atoms with van der Waals surface area (Å²) in [6.07, 6.45) is 1.93. The number of benzene rings is 2. The van der Waals surface area contributed by atoms with Gasteiger partial charge in [-0.2, -0.15) is 0 Å². The number of ether oxygens (including phenoxy) is 1. The van der Waals surface area contributed by atoms with Crippen molar-refractivity contribution in [2.75, 3.05) is 25.6 Å². The predicted molar refractivity (Wildman–Crippen MR) is 127 cm³/mol. The average Bonchev–Trinajstić information content (AvgIpc) is 3.24. The van der Waals surface area contributed by atoms with Crippen molar-refractivity contribution >= 4 is 57.6 Å². The molecule has 2 heterocycles. The maximum Gasteiger partial charge on any atom is 0.269 e. The molecule has 0 N–H and O–H groups in total. The fourth-order valence-corrected chi connectivity index (χ4v) is 5.69. The maximum atomic E-state index is 13.4. The molecule has 0 atom stereocenters. The molecule has 156 valence electrons. The Hall–Kier alpha value is -2.09. The maximum absolute atomic E-state index is 13.4. The molecule has 8 heteroatoms. The third-order valence-electron chi connectivity index (χ3n) is 4.88. The number of fused-ring (bicyclic) bond motifs is 1. The topological polar surface area (TPSA) is 45.1 Å². The highest BCUT2D eigenvalue weighted by Gasteiger charge is 2.39. The third-order valence-corrected chi connectivity index (χ3v) is 7.57. The van der Waals surface area contributed by atoms with E-state index in [0.717, 1.165) is 39.9 Å². The number of hydrogen-bond donors (Lipinski definition) is 0. The normalized spacial score (nSPS) is 19.7. The van der Waals surface area contributed by atoms with Gasteiger partial charge in [0.1, 0.15) is 10.7 Å². The van der Waals surface area contributed by atoms with Gasteiger partial charge in [0.2, 0.25) is 0 Å². The Morgan fingerprint density at radius 3 is 2.60 bits per heavy atom. The zero-order valence-corrected chi connectivity index (χ0v) is 19.4. The number of amidine groups is 1. The first kappa shape index (κ1) is 21.2. The summed E-state index contributed by atoms with van der Waals surface area (Å²) in [5.41, 5.74) is 1.82. The number of methoxy groups -OCH3 is 1. The summed E-state index contributed by atoms with van der Waals surface area (Å²) in [7, 11) is 3.64. The molecule has 1 saturated heterocycles. The minimum absolute atomic E-state index is 0.00952. The molecule has 0 radical (unpaired) electrons. The Kier molecular flexibility index (Phi) is 6.32. The van der Waals surface area contributed by atoms with E-state index in [1.807, 2.05) is 49.5 Å². The number of carbonyl (C=O) groups is 1. The van der Waals surface area contributed by atoms with Crippen molar-refractivity contribution in [3.8, 4) is 5.75 Å². The van der Waals surface area contributed by atoms with Crippen LogP contribution in [0.1, 0.15) is 19.8 Å². The van der Waals surface area contributed by atoms with E-state index in [9.17, 15) is 4.79 Å². The first-order chi connectivity index (χ1) is 14.5. The van der Waals surface area contributed by atoms with E-state index < -0.39 is 0 Å². The molecular formula is C22H22ClN3O2S2. The second-order valence-electron chi connectivity index (χ2n) is 6.91. The van der Waals surface area contributed by atoms with Crippen LogP contribution in [0.2, 0.25) is 5.02 Å². The summed E-state index contributed by atoms with van der Waals surface area (Å²) in [6.45, 7) is 2.77. The molecule has 1 fully saturated rings. The van der Waals surface area contributed by atoms with Gasteiger partial charge in [0, 0.05) is 29.6 Å². The third kappa shape index (κ3) is 4.06. The number of carbonyl (C=O) groups excluding carboxylic acids is 1. The lowest BCUT2D eigenvalue weighted by molar-refractivity contribution is -0.122. The highest BCUT2D eigenvalue weighted by atomic mass is 35.5. The second-order valence-corrected chi connectivity index (χ2v) is 9.36. The van der Waals surface area contributed by atoms with Gasteiger partial charge in [-0.1, -0.05) is 36.7 Å². The van der Waals surface area contributed by atoms with E-state index in [1.165, 1.54) is 11.8 Å². The van der Waals surface area contributed by atoms with E-state index >= 15 is 0 Å². The van der Waals surface area contributed by atoms with Crippen LogP contribution in [0.3, 0.4) is 0 Å². The average molecular weight is 460 g/mol. The SMILES string of the molecule is CCCCN1C(=O)/C(=C2/Sc3ccc(OC)cc3N2C)SC1=Nc1ccc(Cl)cc1. The molecule has 1 amide bonds. The molecule has 4 rings (SSSR count). The van der Waals surface area contributed by atoms with Crippen LogP contribution in [-0.2, 0) is 4.79 Å². The van der Waals surface area contributed by atoms with Crippen molar-refractivity contribution in [3.05, 3.63) is 57.4 Å². The molecule has 0 bridgehead atoms. The summed E-state index contributed by atoms with van der Waals surface area (Å²) in [4.78, 5) is 23.8. The van der Waals surface area contributed by atoms with Gasteiger partial charge >= 0.3 is 0 Å². The lowest BCUT2D eigenvalue weighted by Crippen LogP contribution is -2.30. The Morgan fingerprint density at radius 1 is 1.13 bits per heavy atom. The number of aliphatic imine (C=N–C) groups is 1. The highest BCUT2D eigenvalue weighted by molar-refractivity contribution is 8.19. The van der Waals surface area contributed by atoms with Gasteiger partial charge in [-0.3, -0.25) is 9.69 Å². The molecule has 5 nitrogen and oxygen atoms in total. The minimum atomic E-state index is 0.00952. The van der Waals surface area contributed by atoms with Crippen molar-refractivity contribution < 1.29 is 9.53 Å². The van der Waals surface area contributed by atoms with Crippen molar-refractivity contribution in [2.24, 2.45) is 4.99 Å². The molecule has 0 saturated carbocycles. The van der Waals surface area contributed by atoms with Crippen molar-refractivity contribution in [2.45, 2.75) is 24.7 Å². The number of anilines is 1. The van der Waals surface area contributed by atoms with Crippen LogP contribution in [0, 0.1) is 0 Å². The molecule has 0 spiro atoms. The van der Waals surface area contributed by atoms with Gasteiger partial charge in [0.25, 0.3) is 5.91 Å². The Balaban J connectivity index is 1.70. The number of amides is 1. The summed E-state index contributed by atoms with van der Waals surface area (Å²) >= 11 is 9.04. The Morgan fingerprint density at radius 2 is 1.90 bits per heavy atom. The van der Waals surface area contributed by atoms with E-state index in [-0.39, 0.29) is 5.91 Å². The van der Waals surface area contributed by atoms with Gasteiger partial charge in [0.05, 0.1) is 23.5 Å². The molecule has 0 aliphatic carbocycles. The van der Waals surface area contributed by atoms with Crippen LogP contribution >= 0.6 is 35.1 Å². The number of thioether (sulfide) groups is 2. The molecule has 2 aliphatic rings. The van der Waals surface area contributed by atoms with Gasteiger partial charge < -0.3 is 9.64 Å². The highest BCUT2D eigenvalue weighted by Crippen LogP contribution is 2.51. The predicted octanol–water partition coefficient (Wildman–Crippen LogP) is 6.12.